The monoisotopic (exact) mass is 620 g/mol. The Morgan fingerprint density at radius 3 is 1.25 bits per heavy atom. The van der Waals surface area contributed by atoms with E-state index in [9.17, 15) is 0 Å². The molecule has 0 aliphatic carbocycles. The summed E-state index contributed by atoms with van der Waals surface area (Å²) in [7, 11) is 0. The third-order valence-electron chi connectivity index (χ3n) is 9.99. The van der Waals surface area contributed by atoms with E-state index in [4.69, 9.17) is 0 Å². The van der Waals surface area contributed by atoms with Crippen LogP contribution >= 0.6 is 22.7 Å². The maximum atomic E-state index is 2.51. The molecule has 0 N–H and O–H groups in total. The predicted molar refractivity (Wildman–Crippen MR) is 202 cm³/mol. The van der Waals surface area contributed by atoms with Gasteiger partial charge in [-0.15, -0.1) is 22.7 Å². The lowest BCUT2D eigenvalue weighted by atomic mass is 9.93. The Kier molecular flexibility index (Phi) is 9.98. The van der Waals surface area contributed by atoms with E-state index in [-0.39, 0.29) is 0 Å². The van der Waals surface area contributed by atoms with Gasteiger partial charge in [0, 0.05) is 20.2 Å². The molecule has 0 saturated heterocycles. The quantitative estimate of drug-likeness (QED) is 0.114. The van der Waals surface area contributed by atoms with Crippen molar-refractivity contribution in [2.24, 2.45) is 23.7 Å². The summed E-state index contributed by atoms with van der Waals surface area (Å²) in [6, 6.07) is 24.0. The van der Waals surface area contributed by atoms with E-state index < -0.39 is 0 Å². The molecule has 232 valence electrons. The summed E-state index contributed by atoms with van der Waals surface area (Å²) in [5.41, 5.74) is 2.99. The van der Waals surface area contributed by atoms with Gasteiger partial charge in [-0.2, -0.15) is 0 Å². The fraction of sp³-hybridized carbons (Fsp3) is 0.476. The van der Waals surface area contributed by atoms with Crippen LogP contribution in [0, 0.1) is 23.7 Å². The molecule has 2 atom stereocenters. The summed E-state index contributed by atoms with van der Waals surface area (Å²) >= 11 is 4.04. The van der Waals surface area contributed by atoms with Crippen molar-refractivity contribution in [1.29, 1.82) is 0 Å². The standard InChI is InChI=1S/C42H52S2/c1-27(2)9-7-11-29(5)13-15-31-17-19-33-21-23-35-39(37(33)25-31)43-42-36-24-22-34-20-18-32(26-38(34)40(36)44-41(35)42)16-14-30(6)12-8-10-28(3)4/h17-30H,7-16H2,1-6H3/t29-,30?/m0/s1. The zero-order valence-electron chi connectivity index (χ0n) is 28.0. The third-order valence-corrected chi connectivity index (χ3v) is 12.7. The maximum absolute atomic E-state index is 2.51. The van der Waals surface area contributed by atoms with E-state index >= 15 is 0 Å². The van der Waals surface area contributed by atoms with Gasteiger partial charge >= 0.3 is 0 Å². The second-order valence-electron chi connectivity index (χ2n) is 14.8. The summed E-state index contributed by atoms with van der Waals surface area (Å²) < 4.78 is 5.89. The normalized spacial score (nSPS) is 13.9. The van der Waals surface area contributed by atoms with E-state index in [1.165, 1.54) is 126 Å². The fourth-order valence-electron chi connectivity index (χ4n) is 7.08. The lowest BCUT2D eigenvalue weighted by Gasteiger charge is -2.13. The number of aryl methyl sites for hydroxylation is 2. The zero-order valence-corrected chi connectivity index (χ0v) is 29.6. The molecule has 6 aromatic rings. The highest BCUT2D eigenvalue weighted by Gasteiger charge is 2.16. The Labute approximate surface area is 273 Å². The maximum Gasteiger partial charge on any atom is 0.0542 e. The predicted octanol–water partition coefficient (Wildman–Crippen LogP) is 14.4. The van der Waals surface area contributed by atoms with Gasteiger partial charge < -0.3 is 0 Å². The Morgan fingerprint density at radius 2 is 0.841 bits per heavy atom. The molecule has 0 spiro atoms. The topological polar surface area (TPSA) is 0 Å². The van der Waals surface area contributed by atoms with Gasteiger partial charge in [-0.25, -0.2) is 0 Å². The van der Waals surface area contributed by atoms with Crippen LogP contribution in [-0.2, 0) is 12.8 Å². The molecule has 0 amide bonds. The Morgan fingerprint density at radius 1 is 0.432 bits per heavy atom. The van der Waals surface area contributed by atoms with Crippen LogP contribution in [0.15, 0.2) is 60.7 Å². The molecule has 6 rings (SSSR count). The van der Waals surface area contributed by atoms with Crippen molar-refractivity contribution in [1.82, 2.24) is 0 Å². The molecule has 2 aromatic heterocycles. The first kappa shape index (κ1) is 31.6. The number of fused-ring (bicyclic) bond motifs is 9. The molecule has 1 unspecified atom stereocenters. The highest BCUT2D eigenvalue weighted by molar-refractivity contribution is 7.37. The van der Waals surface area contributed by atoms with Crippen LogP contribution in [0.2, 0.25) is 0 Å². The smallest absolute Gasteiger partial charge is 0.0542 e. The van der Waals surface area contributed by atoms with Crippen molar-refractivity contribution in [2.75, 3.05) is 0 Å². The van der Waals surface area contributed by atoms with Crippen LogP contribution in [0.1, 0.15) is 104 Å². The van der Waals surface area contributed by atoms with Gasteiger partial charge in [-0.05, 0) is 94.2 Å². The van der Waals surface area contributed by atoms with Gasteiger partial charge in [-0.3, -0.25) is 0 Å². The molecule has 0 saturated carbocycles. The average Bonchev–Trinajstić information content (AvgIpc) is 3.55. The van der Waals surface area contributed by atoms with E-state index in [1.54, 1.807) is 0 Å². The molecule has 4 aromatic carbocycles. The zero-order chi connectivity index (χ0) is 30.8. The molecule has 44 heavy (non-hydrogen) atoms. The molecule has 0 aliphatic rings. The van der Waals surface area contributed by atoms with Crippen LogP contribution in [0.5, 0.6) is 0 Å². The minimum Gasteiger partial charge on any atom is -0.133 e. The summed E-state index contributed by atoms with van der Waals surface area (Å²) in [4.78, 5) is 0. The molecule has 0 nitrogen and oxygen atoms in total. The molecule has 2 heteroatoms. The molecule has 0 fully saturated rings. The number of hydrogen-bond donors (Lipinski definition) is 0. The van der Waals surface area contributed by atoms with Crippen LogP contribution in [-0.4, -0.2) is 0 Å². The Bertz CT molecular complexity index is 1730. The number of rotatable bonds is 14. The molecular formula is C42H52S2. The van der Waals surface area contributed by atoms with Crippen LogP contribution < -0.4 is 0 Å². The fourth-order valence-corrected chi connectivity index (χ4v) is 9.97. The largest absolute Gasteiger partial charge is 0.133 e. The Hall–Kier alpha value is -2.42. The molecular weight excluding hydrogens is 569 g/mol. The molecule has 2 heterocycles. The first-order valence-electron chi connectivity index (χ1n) is 17.5. The van der Waals surface area contributed by atoms with Crippen LogP contribution in [0.25, 0.3) is 51.1 Å². The highest BCUT2D eigenvalue weighted by Crippen LogP contribution is 2.48. The van der Waals surface area contributed by atoms with Crippen LogP contribution in [0.4, 0.5) is 0 Å². The lowest BCUT2D eigenvalue weighted by molar-refractivity contribution is 0.437. The van der Waals surface area contributed by atoms with Crippen molar-refractivity contribution in [3.63, 3.8) is 0 Å². The second kappa shape index (κ2) is 13.9. The minimum atomic E-state index is 0.798. The minimum absolute atomic E-state index is 0.798. The number of thiophene rings is 2. The van der Waals surface area contributed by atoms with Crippen LogP contribution in [0.3, 0.4) is 0 Å². The van der Waals surface area contributed by atoms with Gasteiger partial charge in [-0.1, -0.05) is 129 Å². The third kappa shape index (κ3) is 7.02. The van der Waals surface area contributed by atoms with Gasteiger partial charge in [0.05, 0.1) is 9.40 Å². The van der Waals surface area contributed by atoms with Crippen molar-refractivity contribution in [3.05, 3.63) is 71.8 Å². The van der Waals surface area contributed by atoms with Gasteiger partial charge in [0.2, 0.25) is 0 Å². The van der Waals surface area contributed by atoms with Gasteiger partial charge in [0.15, 0.2) is 0 Å². The van der Waals surface area contributed by atoms with E-state index in [1.807, 2.05) is 22.7 Å². The summed E-state index contributed by atoms with van der Waals surface area (Å²) in [6.45, 7) is 14.3. The number of benzene rings is 4. The molecule has 0 radical (unpaired) electrons. The number of hydrogen-bond acceptors (Lipinski definition) is 2. The van der Waals surface area contributed by atoms with E-state index in [0.717, 1.165) is 23.7 Å². The van der Waals surface area contributed by atoms with Crippen molar-refractivity contribution in [3.8, 4) is 0 Å². The molecule has 0 aliphatic heterocycles. The lowest BCUT2D eigenvalue weighted by Crippen LogP contribution is -1.99. The van der Waals surface area contributed by atoms with Gasteiger partial charge in [0.1, 0.15) is 0 Å². The molecule has 0 bridgehead atoms. The second-order valence-corrected chi connectivity index (χ2v) is 16.8. The van der Waals surface area contributed by atoms with Crippen molar-refractivity contribution < 1.29 is 0 Å². The summed E-state index contributed by atoms with van der Waals surface area (Å²) in [6.07, 6.45) is 13.1. The SMILES string of the molecule is CC(C)CCCC(C)CCc1ccc2ccc3c(sc4c5ccc6ccc(CC[C@@H](C)CCCC(C)C)cc6c5sc34)c2c1. The first-order valence-corrected chi connectivity index (χ1v) is 19.1. The van der Waals surface area contributed by atoms with E-state index in [2.05, 4.69) is 102 Å². The van der Waals surface area contributed by atoms with E-state index in [0.29, 0.717) is 0 Å². The average molecular weight is 621 g/mol. The first-order chi connectivity index (χ1) is 21.3. The summed E-state index contributed by atoms with van der Waals surface area (Å²) in [5, 5.41) is 8.52. The Balaban J connectivity index is 1.26. The van der Waals surface area contributed by atoms with Gasteiger partial charge in [0.25, 0.3) is 0 Å². The summed E-state index contributed by atoms with van der Waals surface area (Å²) in [5.74, 6) is 3.24. The van der Waals surface area contributed by atoms with Crippen molar-refractivity contribution in [2.45, 2.75) is 106 Å². The van der Waals surface area contributed by atoms with Crippen molar-refractivity contribution >= 4 is 73.8 Å². The highest BCUT2D eigenvalue weighted by atomic mass is 32.1.